The second-order valence-electron chi connectivity index (χ2n) is 15.1. The smallest absolute Gasteiger partial charge is 0.151 e. The minimum absolute atomic E-state index is 0.567. The Morgan fingerprint density at radius 3 is 1.44 bits per heavy atom. The van der Waals surface area contributed by atoms with E-state index >= 15 is 0 Å². The van der Waals surface area contributed by atoms with Crippen LogP contribution in [0, 0.1) is 0 Å². The first-order valence-corrected chi connectivity index (χ1v) is 22.6. The molecule has 0 unspecified atom stereocenters. The molecule has 2 aliphatic rings. The Labute approximate surface area is 367 Å². The molecule has 11 rings (SSSR count). The van der Waals surface area contributed by atoms with Gasteiger partial charge in [0.05, 0.1) is 39.6 Å². The summed E-state index contributed by atoms with van der Waals surface area (Å²) in [6.07, 6.45) is 9.42. The summed E-state index contributed by atoms with van der Waals surface area (Å²) in [5.74, 6) is 1.72. The Balaban J connectivity index is 1.11. The molecule has 6 heterocycles. The highest BCUT2D eigenvalue weighted by atomic mass is 32.2. The molecule has 5 aromatic carbocycles. The van der Waals surface area contributed by atoms with Crippen molar-refractivity contribution in [2.24, 2.45) is 0 Å². The van der Waals surface area contributed by atoms with Gasteiger partial charge in [0.15, 0.2) is 4.34 Å². The zero-order valence-electron chi connectivity index (χ0n) is 33.6. The van der Waals surface area contributed by atoms with E-state index in [0.29, 0.717) is 6.61 Å². The van der Waals surface area contributed by atoms with Gasteiger partial charge in [-0.3, -0.25) is 0 Å². The van der Waals surface area contributed by atoms with Crippen LogP contribution in [-0.4, -0.2) is 37.3 Å². The SMILES string of the molecule is C1=Cc2nc1c(-c1ccccc1)c1ccc([nH]1)c(-c1ccccc1)c1nc(c(-c3ccccc3OCCCSc3nc4ccccc4s3)c3ccc([nH]3)c2-c2ccccc2)C=C1. The van der Waals surface area contributed by atoms with E-state index in [1.807, 2.05) is 12.1 Å². The monoisotopic (exact) mass is 837 g/mol. The van der Waals surface area contributed by atoms with Crippen molar-refractivity contribution in [3.8, 4) is 50.3 Å². The van der Waals surface area contributed by atoms with E-state index < -0.39 is 0 Å². The maximum Gasteiger partial charge on any atom is 0.151 e. The summed E-state index contributed by atoms with van der Waals surface area (Å²) < 4.78 is 8.97. The summed E-state index contributed by atoms with van der Waals surface area (Å²) in [5, 5.41) is 0. The Kier molecular flexibility index (Phi) is 10.1. The van der Waals surface area contributed by atoms with Gasteiger partial charge in [-0.2, -0.15) is 0 Å². The maximum atomic E-state index is 6.67. The number of H-pyrrole nitrogens is 2. The molecule has 0 atom stereocenters. The molecule has 0 saturated carbocycles. The van der Waals surface area contributed by atoms with Gasteiger partial charge in [-0.15, -0.1) is 11.3 Å². The summed E-state index contributed by atoms with van der Waals surface area (Å²) in [7, 11) is 0. The highest BCUT2D eigenvalue weighted by molar-refractivity contribution is 8.01. The first-order chi connectivity index (χ1) is 30.7. The van der Waals surface area contributed by atoms with Crippen LogP contribution in [0.1, 0.15) is 29.2 Å². The molecule has 0 saturated heterocycles. The number of fused-ring (bicyclic) bond motifs is 9. The van der Waals surface area contributed by atoms with Crippen molar-refractivity contribution >= 4 is 79.7 Å². The van der Waals surface area contributed by atoms with Gasteiger partial charge in [-0.25, -0.2) is 15.0 Å². The van der Waals surface area contributed by atoms with Crippen LogP contribution in [0.5, 0.6) is 5.75 Å². The van der Waals surface area contributed by atoms with E-state index in [4.69, 9.17) is 19.7 Å². The van der Waals surface area contributed by atoms with Crippen LogP contribution in [0.15, 0.2) is 168 Å². The third-order valence-electron chi connectivity index (χ3n) is 11.1. The number of ether oxygens (including phenoxy) is 1. The van der Waals surface area contributed by atoms with Crippen LogP contribution >= 0.6 is 23.1 Å². The lowest BCUT2D eigenvalue weighted by molar-refractivity contribution is 0.320. The van der Waals surface area contributed by atoms with Crippen molar-refractivity contribution in [3.05, 3.63) is 187 Å². The number of hydrogen-bond acceptors (Lipinski definition) is 6. The molecule has 8 heteroatoms. The fourth-order valence-corrected chi connectivity index (χ4v) is 10.4. The number of hydrogen-bond donors (Lipinski definition) is 2. The number of nitrogens with one attached hydrogen (secondary N) is 2. The summed E-state index contributed by atoms with van der Waals surface area (Å²) in [6, 6.07) is 56.8. The predicted molar refractivity (Wildman–Crippen MR) is 261 cm³/mol. The van der Waals surface area contributed by atoms with Gasteiger partial charge in [0.2, 0.25) is 0 Å². The molecular weight excluding hydrogens is 799 g/mol. The van der Waals surface area contributed by atoms with Gasteiger partial charge in [-0.1, -0.05) is 133 Å². The van der Waals surface area contributed by atoms with Crippen LogP contribution < -0.4 is 4.74 Å². The summed E-state index contributed by atoms with van der Waals surface area (Å²) in [5.41, 5.74) is 16.6. The zero-order chi connectivity index (χ0) is 41.2. The van der Waals surface area contributed by atoms with Crippen LogP contribution in [0.25, 0.3) is 101 Å². The first kappa shape index (κ1) is 37.7. The number of thiazole rings is 1. The first-order valence-electron chi connectivity index (χ1n) is 20.8. The predicted octanol–water partition coefficient (Wildman–Crippen LogP) is 14.5. The lowest BCUT2D eigenvalue weighted by Gasteiger charge is -2.13. The van der Waals surface area contributed by atoms with E-state index in [9.17, 15) is 0 Å². The second-order valence-corrected chi connectivity index (χ2v) is 17.5. The second kappa shape index (κ2) is 16.7. The Bertz CT molecular complexity index is 3260. The summed E-state index contributed by atoms with van der Waals surface area (Å²) in [4.78, 5) is 23.4. The molecule has 0 amide bonds. The average molecular weight is 838 g/mol. The molecule has 62 heavy (non-hydrogen) atoms. The fourth-order valence-electron chi connectivity index (χ4n) is 8.33. The van der Waals surface area contributed by atoms with Gasteiger partial charge in [0.1, 0.15) is 5.75 Å². The van der Waals surface area contributed by atoms with E-state index in [2.05, 4.69) is 186 Å². The lowest BCUT2D eigenvalue weighted by Crippen LogP contribution is -2.00. The Morgan fingerprint density at radius 2 is 0.903 bits per heavy atom. The number of nitrogens with zero attached hydrogens (tertiary/aromatic N) is 3. The minimum atomic E-state index is 0.567. The van der Waals surface area contributed by atoms with Crippen molar-refractivity contribution in [3.63, 3.8) is 0 Å². The molecular formula is C54H39N5OS2. The number of thioether (sulfide) groups is 1. The Morgan fingerprint density at radius 1 is 0.452 bits per heavy atom. The molecule has 2 aliphatic heterocycles. The van der Waals surface area contributed by atoms with E-state index in [-0.39, 0.29) is 0 Å². The minimum Gasteiger partial charge on any atom is -0.493 e. The number of benzene rings is 5. The van der Waals surface area contributed by atoms with E-state index in [1.165, 1.54) is 4.70 Å². The van der Waals surface area contributed by atoms with Gasteiger partial charge in [0, 0.05) is 55.6 Å². The Hall–Kier alpha value is -7.26. The fraction of sp³-hybridized carbons (Fsp3) is 0.0556. The third kappa shape index (κ3) is 7.33. The molecule has 0 spiro atoms. The van der Waals surface area contributed by atoms with Crippen molar-refractivity contribution in [1.82, 2.24) is 24.9 Å². The van der Waals surface area contributed by atoms with Crippen LogP contribution in [0.3, 0.4) is 0 Å². The van der Waals surface area contributed by atoms with Crippen molar-refractivity contribution in [2.75, 3.05) is 12.4 Å². The van der Waals surface area contributed by atoms with Gasteiger partial charge in [0.25, 0.3) is 0 Å². The number of aromatic nitrogens is 5. The molecule has 2 N–H and O–H groups in total. The van der Waals surface area contributed by atoms with Gasteiger partial charge < -0.3 is 14.7 Å². The molecule has 298 valence electrons. The molecule has 0 aliphatic carbocycles. The number of rotatable bonds is 10. The molecule has 0 fully saturated rings. The lowest BCUT2D eigenvalue weighted by atomic mass is 10.0. The van der Waals surface area contributed by atoms with Crippen LogP contribution in [0.2, 0.25) is 0 Å². The molecule has 0 radical (unpaired) electrons. The topological polar surface area (TPSA) is 79.5 Å². The number of aromatic amines is 2. The maximum absolute atomic E-state index is 6.67. The van der Waals surface area contributed by atoms with Gasteiger partial charge in [-0.05, 0) is 89.9 Å². The van der Waals surface area contributed by atoms with Crippen LogP contribution in [-0.2, 0) is 0 Å². The van der Waals surface area contributed by atoms with E-state index in [0.717, 1.165) is 117 Å². The molecule has 6 nitrogen and oxygen atoms in total. The van der Waals surface area contributed by atoms with Gasteiger partial charge >= 0.3 is 0 Å². The molecule has 8 bridgehead atoms. The van der Waals surface area contributed by atoms with Crippen molar-refractivity contribution < 1.29 is 4.74 Å². The largest absolute Gasteiger partial charge is 0.493 e. The molecule has 4 aromatic heterocycles. The highest BCUT2D eigenvalue weighted by Gasteiger charge is 2.20. The standard InChI is InChI=1S/C54H39N5OS2/c1-4-15-35(16-5-1)50-40-25-27-42(55-40)51(36-17-6-2-7-18-36)44-29-31-46(57-44)53(47-32-30-45(58-47)52(37-19-8-3-9-20-37)43-28-26-41(50)56-43)38-21-10-12-23-48(38)60-33-14-34-61-54-59-39-22-11-13-24-49(39)62-54/h1-13,15-32,55,58H,14,33-34H2. The normalized spacial score (nSPS) is 12.0. The summed E-state index contributed by atoms with van der Waals surface area (Å²) >= 11 is 3.53. The molecule has 9 aromatic rings. The van der Waals surface area contributed by atoms with E-state index in [1.54, 1.807) is 23.1 Å². The van der Waals surface area contributed by atoms with Crippen molar-refractivity contribution in [1.29, 1.82) is 0 Å². The number of para-hydroxylation sites is 2. The quantitative estimate of drug-likeness (QED) is 0.106. The van der Waals surface area contributed by atoms with Crippen molar-refractivity contribution in [2.45, 2.75) is 10.8 Å². The highest BCUT2D eigenvalue weighted by Crippen LogP contribution is 2.40. The zero-order valence-corrected chi connectivity index (χ0v) is 35.2. The average Bonchev–Trinajstić information content (AvgIpc) is 4.19. The van der Waals surface area contributed by atoms with Crippen LogP contribution in [0.4, 0.5) is 0 Å². The summed E-state index contributed by atoms with van der Waals surface area (Å²) in [6.45, 7) is 0.567. The third-order valence-corrected chi connectivity index (χ3v) is 13.4.